The molecule has 0 heteroatoms. The van der Waals surface area contributed by atoms with Gasteiger partial charge in [-0.05, 0) is 58.5 Å². The van der Waals surface area contributed by atoms with Crippen LogP contribution in [-0.4, -0.2) is 0 Å². The fourth-order valence-corrected chi connectivity index (χ4v) is 6.17. The third-order valence-electron chi connectivity index (χ3n) is 6.20. The van der Waals surface area contributed by atoms with E-state index in [0.29, 0.717) is 0 Å². The molecule has 4 fully saturated rings. The normalized spacial score (nSPS) is 66.6. The van der Waals surface area contributed by atoms with Crippen molar-refractivity contribution in [3.8, 4) is 0 Å². The van der Waals surface area contributed by atoms with Gasteiger partial charge in [-0.25, -0.2) is 0 Å². The van der Waals surface area contributed by atoms with Crippen molar-refractivity contribution in [2.45, 2.75) is 11.8 Å². The van der Waals surface area contributed by atoms with Crippen molar-refractivity contribution in [1.29, 1.82) is 0 Å². The van der Waals surface area contributed by atoms with Crippen LogP contribution in [0.1, 0.15) is 23.0 Å². The Morgan fingerprint density at radius 3 is 1.43 bits per heavy atom. The van der Waals surface area contributed by atoms with Crippen molar-refractivity contribution < 1.29 is 0 Å². The highest BCUT2D eigenvalue weighted by Crippen LogP contribution is 2.94. The van der Waals surface area contributed by atoms with Gasteiger partial charge < -0.3 is 0 Å². The molecule has 6 aliphatic carbocycles. The summed E-state index contributed by atoms with van der Waals surface area (Å²) < 4.78 is 0. The Morgan fingerprint density at radius 1 is 0.571 bits per heavy atom. The molecule has 4 saturated carbocycles. The number of hydrogen-bond acceptors (Lipinski definition) is 0. The lowest BCUT2D eigenvalue weighted by Crippen LogP contribution is -2.26. The van der Waals surface area contributed by atoms with Gasteiger partial charge in [-0.3, -0.25) is 0 Å². The molecule has 0 spiro atoms. The molecule has 0 aliphatic heterocycles. The first-order valence-corrected chi connectivity index (χ1v) is 6.07. The number of benzene rings is 1. The maximum atomic E-state index is 2.43. The summed E-state index contributed by atoms with van der Waals surface area (Å²) in [6.45, 7) is 0. The summed E-state index contributed by atoms with van der Waals surface area (Å²) in [6.07, 6.45) is 0. The summed E-state index contributed by atoms with van der Waals surface area (Å²) in [5, 5.41) is 0. The second kappa shape index (κ2) is 1.39. The van der Waals surface area contributed by atoms with Gasteiger partial charge in [0.1, 0.15) is 0 Å². The Balaban J connectivity index is 1.80. The summed E-state index contributed by atoms with van der Waals surface area (Å²) in [7, 11) is 0. The van der Waals surface area contributed by atoms with Gasteiger partial charge in [-0.2, -0.15) is 0 Å². The molecule has 6 aliphatic rings. The van der Waals surface area contributed by atoms with Gasteiger partial charge in [0.2, 0.25) is 0 Å². The standard InChI is InChI=1S/C14H12/c1-2-4-6-5(3-1)7-9-11-8(6)12-10(7)14(12)13(9)11/h1-4,7-14H. The molecule has 0 aromatic heterocycles. The van der Waals surface area contributed by atoms with E-state index in [-0.39, 0.29) is 0 Å². The lowest BCUT2D eigenvalue weighted by molar-refractivity contribution is 0.320. The smallest absolute Gasteiger partial charge is 0.00908 e. The number of hydrogen-bond donors (Lipinski definition) is 0. The van der Waals surface area contributed by atoms with Crippen LogP contribution in [0.5, 0.6) is 0 Å². The summed E-state index contributed by atoms with van der Waals surface area (Å²) in [5.74, 6) is 9.11. The molecular weight excluding hydrogens is 168 g/mol. The van der Waals surface area contributed by atoms with Crippen molar-refractivity contribution in [2.75, 3.05) is 0 Å². The minimum Gasteiger partial charge on any atom is -0.0620 e. The van der Waals surface area contributed by atoms with E-state index < -0.39 is 0 Å². The van der Waals surface area contributed by atoms with Gasteiger partial charge in [-0.15, -0.1) is 0 Å². The van der Waals surface area contributed by atoms with Crippen molar-refractivity contribution in [3.05, 3.63) is 35.4 Å². The lowest BCUT2D eigenvalue weighted by Gasteiger charge is -2.37. The molecule has 0 heterocycles. The van der Waals surface area contributed by atoms with Crippen molar-refractivity contribution in [2.24, 2.45) is 35.5 Å². The predicted molar refractivity (Wildman–Crippen MR) is 52.9 cm³/mol. The minimum atomic E-state index is 1.03. The second-order valence-electron chi connectivity index (χ2n) is 6.14. The first-order valence-electron chi connectivity index (χ1n) is 6.07. The van der Waals surface area contributed by atoms with Crippen molar-refractivity contribution in [3.63, 3.8) is 0 Å². The third-order valence-corrected chi connectivity index (χ3v) is 6.20. The highest BCUT2D eigenvalue weighted by Gasteiger charge is 2.88. The Labute approximate surface area is 83.3 Å². The van der Waals surface area contributed by atoms with Gasteiger partial charge in [0.05, 0.1) is 0 Å². The molecule has 68 valence electrons. The van der Waals surface area contributed by atoms with E-state index in [1.165, 1.54) is 11.8 Å². The molecule has 0 N–H and O–H groups in total. The van der Waals surface area contributed by atoms with E-state index in [2.05, 4.69) is 24.3 Å². The maximum Gasteiger partial charge on any atom is -0.00908 e. The zero-order valence-electron chi connectivity index (χ0n) is 7.93. The van der Waals surface area contributed by atoms with E-state index in [0.717, 1.165) is 35.5 Å². The van der Waals surface area contributed by atoms with E-state index in [9.17, 15) is 0 Å². The van der Waals surface area contributed by atoms with Crippen LogP contribution in [-0.2, 0) is 0 Å². The van der Waals surface area contributed by atoms with E-state index >= 15 is 0 Å². The fourth-order valence-electron chi connectivity index (χ4n) is 6.17. The van der Waals surface area contributed by atoms with Crippen LogP contribution >= 0.6 is 0 Å². The van der Waals surface area contributed by atoms with E-state index in [1.54, 1.807) is 11.1 Å². The summed E-state index contributed by atoms with van der Waals surface area (Å²) in [5.41, 5.74) is 3.53. The monoisotopic (exact) mass is 180 g/mol. The maximum absolute atomic E-state index is 2.43. The Hall–Kier alpha value is -0.780. The molecule has 0 saturated heterocycles. The lowest BCUT2D eigenvalue weighted by atomic mass is 9.67. The number of rotatable bonds is 0. The van der Waals surface area contributed by atoms with Crippen LogP contribution in [0.15, 0.2) is 24.3 Å². The zero-order valence-corrected chi connectivity index (χ0v) is 7.93. The molecule has 0 nitrogen and oxygen atoms in total. The Kier molecular flexibility index (Phi) is 0.592. The molecule has 14 heavy (non-hydrogen) atoms. The molecule has 2 bridgehead atoms. The van der Waals surface area contributed by atoms with Gasteiger partial charge >= 0.3 is 0 Å². The van der Waals surface area contributed by atoms with Crippen LogP contribution in [0, 0.1) is 35.5 Å². The molecule has 4 unspecified atom stereocenters. The first-order chi connectivity index (χ1) is 6.98. The highest BCUT2D eigenvalue weighted by molar-refractivity contribution is 5.55. The van der Waals surface area contributed by atoms with Crippen LogP contribution in [0.3, 0.4) is 0 Å². The Morgan fingerprint density at radius 2 is 1.00 bits per heavy atom. The average Bonchev–Trinajstić information content (AvgIpc) is 3.06. The van der Waals surface area contributed by atoms with E-state index in [1.807, 2.05) is 0 Å². The summed E-state index contributed by atoms with van der Waals surface area (Å²) in [6, 6.07) is 9.36. The third kappa shape index (κ3) is 0.346. The molecule has 0 radical (unpaired) electrons. The van der Waals surface area contributed by atoms with Crippen molar-refractivity contribution >= 4 is 0 Å². The summed E-state index contributed by atoms with van der Waals surface area (Å²) in [4.78, 5) is 0. The highest BCUT2D eigenvalue weighted by atomic mass is 14.9. The van der Waals surface area contributed by atoms with Crippen LogP contribution in [0.2, 0.25) is 0 Å². The minimum absolute atomic E-state index is 1.03. The van der Waals surface area contributed by atoms with E-state index in [4.69, 9.17) is 0 Å². The van der Waals surface area contributed by atoms with Gasteiger partial charge in [0.25, 0.3) is 0 Å². The molecule has 1 aromatic rings. The average molecular weight is 180 g/mol. The quantitative estimate of drug-likeness (QED) is 0.575. The van der Waals surface area contributed by atoms with Gasteiger partial charge in [-0.1, -0.05) is 24.3 Å². The second-order valence-corrected chi connectivity index (χ2v) is 6.14. The Bertz CT molecular complexity index is 424. The molecule has 4 atom stereocenters. The summed E-state index contributed by atoms with van der Waals surface area (Å²) >= 11 is 0. The van der Waals surface area contributed by atoms with Gasteiger partial charge in [0, 0.05) is 0 Å². The molecular formula is C14H12. The molecule has 7 rings (SSSR count). The molecule has 0 amide bonds. The largest absolute Gasteiger partial charge is 0.0620 e. The topological polar surface area (TPSA) is 0 Å². The van der Waals surface area contributed by atoms with Crippen LogP contribution in [0.4, 0.5) is 0 Å². The SMILES string of the molecule is c1ccc2c(c1)C1C3C4C2C2C1C2C34. The van der Waals surface area contributed by atoms with Crippen LogP contribution in [0.25, 0.3) is 0 Å². The first kappa shape index (κ1) is 5.95. The van der Waals surface area contributed by atoms with Gasteiger partial charge in [0.15, 0.2) is 0 Å². The predicted octanol–water partition coefficient (Wildman–Crippen LogP) is 2.62. The zero-order chi connectivity index (χ0) is 8.60. The van der Waals surface area contributed by atoms with Crippen molar-refractivity contribution in [1.82, 2.24) is 0 Å². The van der Waals surface area contributed by atoms with Crippen LogP contribution < -0.4 is 0 Å². The fraction of sp³-hybridized carbons (Fsp3) is 0.571. The molecule has 1 aromatic carbocycles.